The van der Waals surface area contributed by atoms with E-state index < -0.39 is 0 Å². The summed E-state index contributed by atoms with van der Waals surface area (Å²) in [5.74, 6) is 0. The van der Waals surface area contributed by atoms with E-state index in [4.69, 9.17) is 4.74 Å². The van der Waals surface area contributed by atoms with Crippen molar-refractivity contribution in [3.63, 3.8) is 0 Å². The third-order valence-corrected chi connectivity index (χ3v) is 1.89. The molecule has 0 N–H and O–H groups in total. The van der Waals surface area contributed by atoms with E-state index >= 15 is 0 Å². The predicted molar refractivity (Wildman–Crippen MR) is 51.5 cm³/mol. The molecule has 0 aromatic carbocycles. The summed E-state index contributed by atoms with van der Waals surface area (Å²) in [7, 11) is 1.72. The van der Waals surface area contributed by atoms with Crippen molar-refractivity contribution in [2.75, 3.05) is 20.3 Å². The third kappa shape index (κ3) is 2.71. The Bertz CT molecular complexity index is 121. The highest BCUT2D eigenvalue weighted by molar-refractivity contribution is 7.59. The summed E-state index contributed by atoms with van der Waals surface area (Å²) in [6.07, 6.45) is 2.40. The molecule has 66 valence electrons. The number of hydrazone groups is 1. The van der Waals surface area contributed by atoms with Crippen LogP contribution in [0.2, 0.25) is 0 Å². The largest absolute Gasteiger partial charge is 0.382 e. The van der Waals surface area contributed by atoms with Gasteiger partial charge in [0.25, 0.3) is 0 Å². The van der Waals surface area contributed by atoms with E-state index in [2.05, 4.69) is 11.8 Å². The van der Waals surface area contributed by atoms with Gasteiger partial charge in [-0.1, -0.05) is 0 Å². The second kappa shape index (κ2) is 5.43. The van der Waals surface area contributed by atoms with Crippen molar-refractivity contribution >= 4 is 20.2 Å². The summed E-state index contributed by atoms with van der Waals surface area (Å²) in [4.78, 5) is 0. The molecule has 1 aliphatic rings. The molecule has 11 heavy (non-hydrogen) atoms. The standard InChI is InChI=1S/C7H14N2O.H2S/c1-8-9-5-3-4-7(9)6-10-2;/h7H,1,3-6H2,2H3;1H2/t7-;/m0./s1. The molecule has 1 fully saturated rings. The molecule has 4 heteroatoms. The number of rotatable bonds is 3. The molecule has 3 nitrogen and oxygen atoms in total. The zero-order valence-corrected chi connectivity index (χ0v) is 7.92. The molecule has 0 aromatic rings. The molecular weight excluding hydrogens is 160 g/mol. The molecule has 0 bridgehead atoms. The van der Waals surface area contributed by atoms with E-state index in [1.165, 1.54) is 12.8 Å². The zero-order chi connectivity index (χ0) is 7.40. The number of nitrogens with zero attached hydrogens (tertiary/aromatic N) is 2. The molecule has 1 rings (SSSR count). The van der Waals surface area contributed by atoms with Gasteiger partial charge in [-0.05, 0) is 12.8 Å². The average molecular weight is 176 g/mol. The van der Waals surface area contributed by atoms with Crippen molar-refractivity contribution in [2.24, 2.45) is 5.10 Å². The van der Waals surface area contributed by atoms with Crippen LogP contribution in [0.25, 0.3) is 0 Å². The fraction of sp³-hybridized carbons (Fsp3) is 0.857. The summed E-state index contributed by atoms with van der Waals surface area (Å²) in [6, 6.07) is 0.475. The van der Waals surface area contributed by atoms with Crippen molar-refractivity contribution in [2.45, 2.75) is 18.9 Å². The fourth-order valence-corrected chi connectivity index (χ4v) is 1.37. The van der Waals surface area contributed by atoms with E-state index in [1.807, 2.05) is 5.01 Å². The second-order valence-electron chi connectivity index (χ2n) is 2.56. The van der Waals surface area contributed by atoms with Crippen molar-refractivity contribution in [3.05, 3.63) is 0 Å². The Morgan fingerprint density at radius 1 is 1.73 bits per heavy atom. The molecule has 0 aliphatic carbocycles. The van der Waals surface area contributed by atoms with E-state index in [0.29, 0.717) is 6.04 Å². The summed E-state index contributed by atoms with van der Waals surface area (Å²) >= 11 is 0. The highest BCUT2D eigenvalue weighted by Crippen LogP contribution is 2.16. The minimum absolute atomic E-state index is 0. The lowest BCUT2D eigenvalue weighted by atomic mass is 10.2. The fourth-order valence-electron chi connectivity index (χ4n) is 1.37. The number of ether oxygens (including phenoxy) is 1. The lowest BCUT2D eigenvalue weighted by Crippen LogP contribution is -2.27. The van der Waals surface area contributed by atoms with Gasteiger partial charge < -0.3 is 4.74 Å². The maximum Gasteiger partial charge on any atom is 0.0704 e. The van der Waals surface area contributed by atoms with Gasteiger partial charge in [-0.25, -0.2) is 0 Å². The molecule has 1 aliphatic heterocycles. The smallest absolute Gasteiger partial charge is 0.0704 e. The minimum atomic E-state index is 0. The molecule has 1 heterocycles. The van der Waals surface area contributed by atoms with Crippen molar-refractivity contribution < 1.29 is 4.74 Å². The number of hydrogen-bond acceptors (Lipinski definition) is 3. The van der Waals surface area contributed by atoms with Gasteiger partial charge in [0.1, 0.15) is 0 Å². The Hall–Kier alpha value is -0.220. The maximum absolute atomic E-state index is 5.03. The quantitative estimate of drug-likeness (QED) is 0.595. The van der Waals surface area contributed by atoms with Crippen LogP contribution in [0.4, 0.5) is 0 Å². The Balaban J connectivity index is 0.000001000. The predicted octanol–water partition coefficient (Wildman–Crippen LogP) is 0.826. The molecular formula is C7H16N2OS. The molecule has 0 saturated carbocycles. The summed E-state index contributed by atoms with van der Waals surface area (Å²) in [6.45, 7) is 5.31. The van der Waals surface area contributed by atoms with Crippen LogP contribution in [0.1, 0.15) is 12.8 Å². The first-order chi connectivity index (χ1) is 4.88. The van der Waals surface area contributed by atoms with Crippen LogP contribution in [0, 0.1) is 0 Å². The summed E-state index contributed by atoms with van der Waals surface area (Å²) in [5.41, 5.74) is 0. The Morgan fingerprint density at radius 2 is 2.45 bits per heavy atom. The third-order valence-electron chi connectivity index (χ3n) is 1.89. The number of hydrogen-bond donors (Lipinski definition) is 0. The zero-order valence-electron chi connectivity index (χ0n) is 6.92. The van der Waals surface area contributed by atoms with Gasteiger partial charge in [0.15, 0.2) is 0 Å². The lowest BCUT2D eigenvalue weighted by Gasteiger charge is -2.19. The van der Waals surface area contributed by atoms with E-state index in [1.54, 1.807) is 7.11 Å². The van der Waals surface area contributed by atoms with Gasteiger partial charge in [-0.15, -0.1) is 0 Å². The van der Waals surface area contributed by atoms with Crippen LogP contribution >= 0.6 is 13.5 Å². The normalized spacial score (nSPS) is 23.0. The van der Waals surface area contributed by atoms with Crippen LogP contribution in [0.5, 0.6) is 0 Å². The van der Waals surface area contributed by atoms with Crippen LogP contribution in [0.15, 0.2) is 5.10 Å². The van der Waals surface area contributed by atoms with Gasteiger partial charge >= 0.3 is 0 Å². The van der Waals surface area contributed by atoms with Crippen molar-refractivity contribution in [1.82, 2.24) is 5.01 Å². The van der Waals surface area contributed by atoms with Crippen LogP contribution in [-0.4, -0.2) is 38.0 Å². The first-order valence-electron chi connectivity index (χ1n) is 3.60. The Morgan fingerprint density at radius 3 is 3.00 bits per heavy atom. The Kier molecular flexibility index (Phi) is 5.32. The number of methoxy groups -OCH3 is 1. The van der Waals surface area contributed by atoms with Gasteiger partial charge in [-0.3, -0.25) is 5.01 Å². The first-order valence-corrected chi connectivity index (χ1v) is 3.60. The van der Waals surface area contributed by atoms with Crippen molar-refractivity contribution in [3.8, 4) is 0 Å². The first kappa shape index (κ1) is 10.8. The molecule has 1 saturated heterocycles. The molecule has 1 atom stereocenters. The van der Waals surface area contributed by atoms with Crippen LogP contribution in [0.3, 0.4) is 0 Å². The summed E-state index contributed by atoms with van der Waals surface area (Å²) < 4.78 is 5.03. The van der Waals surface area contributed by atoms with E-state index in [-0.39, 0.29) is 13.5 Å². The lowest BCUT2D eigenvalue weighted by molar-refractivity contribution is 0.118. The second-order valence-corrected chi connectivity index (χ2v) is 2.56. The van der Waals surface area contributed by atoms with Crippen LogP contribution in [-0.2, 0) is 4.74 Å². The minimum Gasteiger partial charge on any atom is -0.382 e. The maximum atomic E-state index is 5.03. The van der Waals surface area contributed by atoms with Crippen molar-refractivity contribution in [1.29, 1.82) is 0 Å². The van der Waals surface area contributed by atoms with Gasteiger partial charge in [0.05, 0.1) is 12.6 Å². The van der Waals surface area contributed by atoms with E-state index in [9.17, 15) is 0 Å². The average Bonchev–Trinajstić information content (AvgIpc) is 2.36. The molecule has 0 unspecified atom stereocenters. The SMILES string of the molecule is C=NN1CCC[C@H]1COC.S. The van der Waals surface area contributed by atoms with Crippen LogP contribution < -0.4 is 0 Å². The molecule has 0 amide bonds. The van der Waals surface area contributed by atoms with Gasteiger partial charge in [0.2, 0.25) is 0 Å². The highest BCUT2D eigenvalue weighted by Gasteiger charge is 2.21. The van der Waals surface area contributed by atoms with Gasteiger partial charge in [0, 0.05) is 20.4 Å². The molecule has 0 radical (unpaired) electrons. The summed E-state index contributed by atoms with van der Waals surface area (Å²) in [5, 5.41) is 5.89. The van der Waals surface area contributed by atoms with Gasteiger partial charge in [-0.2, -0.15) is 18.6 Å². The molecule has 0 spiro atoms. The Labute approximate surface area is 74.9 Å². The topological polar surface area (TPSA) is 24.8 Å². The highest BCUT2D eigenvalue weighted by atomic mass is 32.1. The van der Waals surface area contributed by atoms with E-state index in [0.717, 1.165) is 13.2 Å². The monoisotopic (exact) mass is 176 g/mol. The molecule has 0 aromatic heterocycles.